The number of nitrogens with one attached hydrogen (secondary N) is 2. The molecule has 0 saturated carbocycles. The third kappa shape index (κ3) is 5.47. The summed E-state index contributed by atoms with van der Waals surface area (Å²) in [5.74, 6) is 0.929. The van der Waals surface area contributed by atoms with E-state index in [1.807, 2.05) is 13.8 Å². The molecule has 23 heavy (non-hydrogen) atoms. The highest BCUT2D eigenvalue weighted by Gasteiger charge is 2.13. The Morgan fingerprint density at radius 2 is 1.61 bits per heavy atom. The van der Waals surface area contributed by atoms with Gasteiger partial charge in [-0.15, -0.1) is 0 Å². The van der Waals surface area contributed by atoms with Crippen LogP contribution < -0.4 is 20.1 Å². The van der Waals surface area contributed by atoms with Crippen LogP contribution in [-0.4, -0.2) is 39.1 Å². The molecule has 0 radical (unpaired) electrons. The van der Waals surface area contributed by atoms with Gasteiger partial charge in [0.25, 0.3) is 5.91 Å². The van der Waals surface area contributed by atoms with Crippen LogP contribution in [0.2, 0.25) is 0 Å². The van der Waals surface area contributed by atoms with Gasteiger partial charge in [0.15, 0.2) is 11.5 Å². The Balaban J connectivity index is 2.47. The summed E-state index contributed by atoms with van der Waals surface area (Å²) in [5, 5.41) is 5.60. The maximum atomic E-state index is 12.1. The predicted octanol–water partition coefficient (Wildman–Crippen LogP) is 1.99. The van der Waals surface area contributed by atoms with E-state index < -0.39 is 0 Å². The molecule has 0 aliphatic heterocycles. The number of carbonyl (C=O) groups excluding carboxylic acids is 2. The van der Waals surface area contributed by atoms with Crippen molar-refractivity contribution in [3.05, 3.63) is 23.8 Å². The summed E-state index contributed by atoms with van der Waals surface area (Å²) in [7, 11) is 3.06. The number of hydrogen-bond donors (Lipinski definition) is 2. The minimum absolute atomic E-state index is 0.0374. The summed E-state index contributed by atoms with van der Waals surface area (Å²) < 4.78 is 10.3. The second-order valence-corrected chi connectivity index (χ2v) is 5.13. The molecule has 2 N–H and O–H groups in total. The van der Waals surface area contributed by atoms with Gasteiger partial charge in [0.1, 0.15) is 0 Å². The van der Waals surface area contributed by atoms with Crippen molar-refractivity contribution in [2.45, 2.75) is 26.7 Å². The predicted molar refractivity (Wildman–Crippen MR) is 89.0 cm³/mol. The third-order valence-electron chi connectivity index (χ3n) is 3.71. The zero-order chi connectivity index (χ0) is 17.2. The first-order valence-corrected chi connectivity index (χ1v) is 7.85. The summed E-state index contributed by atoms with van der Waals surface area (Å²) >= 11 is 0. The van der Waals surface area contributed by atoms with Crippen molar-refractivity contribution in [2.75, 3.05) is 27.3 Å². The molecule has 6 nitrogen and oxygen atoms in total. The van der Waals surface area contributed by atoms with Crippen LogP contribution in [-0.2, 0) is 4.79 Å². The number of carbonyl (C=O) groups is 2. The average Bonchev–Trinajstić information content (AvgIpc) is 2.58. The summed E-state index contributed by atoms with van der Waals surface area (Å²) in [5.41, 5.74) is 0.481. The van der Waals surface area contributed by atoms with Gasteiger partial charge in [-0.1, -0.05) is 13.8 Å². The van der Waals surface area contributed by atoms with Crippen molar-refractivity contribution in [3.8, 4) is 11.5 Å². The molecule has 0 atom stereocenters. The van der Waals surface area contributed by atoms with E-state index in [9.17, 15) is 9.59 Å². The van der Waals surface area contributed by atoms with E-state index in [4.69, 9.17) is 9.47 Å². The minimum Gasteiger partial charge on any atom is -0.493 e. The Labute approximate surface area is 137 Å². The summed E-state index contributed by atoms with van der Waals surface area (Å²) in [6.07, 6.45) is 1.64. The lowest BCUT2D eigenvalue weighted by atomic mass is 10.0. The lowest BCUT2D eigenvalue weighted by Crippen LogP contribution is -2.37. The highest BCUT2D eigenvalue weighted by atomic mass is 16.5. The van der Waals surface area contributed by atoms with E-state index >= 15 is 0 Å². The van der Waals surface area contributed by atoms with Crippen molar-refractivity contribution >= 4 is 11.8 Å². The first-order chi connectivity index (χ1) is 11.1. The number of hydrogen-bond acceptors (Lipinski definition) is 4. The van der Waals surface area contributed by atoms with E-state index in [0.717, 1.165) is 12.8 Å². The largest absolute Gasteiger partial charge is 0.493 e. The number of benzene rings is 1. The Kier molecular flexibility index (Phi) is 7.94. The van der Waals surface area contributed by atoms with Crippen LogP contribution in [0.4, 0.5) is 0 Å². The fourth-order valence-corrected chi connectivity index (χ4v) is 2.25. The lowest BCUT2D eigenvalue weighted by Gasteiger charge is -2.13. The van der Waals surface area contributed by atoms with E-state index in [1.165, 1.54) is 7.11 Å². The Hall–Kier alpha value is -2.24. The normalized spacial score (nSPS) is 10.3. The standard InChI is InChI=1S/C17H26N2O4/c1-5-12(6-2)16(20)18-9-10-19-17(21)13-7-8-14(22-3)15(11-13)23-4/h7-8,11-12H,5-6,9-10H2,1-4H3,(H,18,20)(H,19,21). The minimum atomic E-state index is -0.220. The van der Waals surface area contributed by atoms with Gasteiger partial charge in [0, 0.05) is 24.6 Å². The van der Waals surface area contributed by atoms with Gasteiger partial charge in [-0.25, -0.2) is 0 Å². The number of amides is 2. The molecule has 1 rings (SSSR count). The van der Waals surface area contributed by atoms with E-state index in [-0.39, 0.29) is 17.7 Å². The molecule has 0 fully saturated rings. The van der Waals surface area contributed by atoms with Gasteiger partial charge >= 0.3 is 0 Å². The SMILES string of the molecule is CCC(CC)C(=O)NCCNC(=O)c1ccc(OC)c(OC)c1. The summed E-state index contributed by atoms with van der Waals surface area (Å²) in [6, 6.07) is 4.97. The lowest BCUT2D eigenvalue weighted by molar-refractivity contribution is -0.125. The Morgan fingerprint density at radius 1 is 1.00 bits per heavy atom. The molecule has 1 aromatic carbocycles. The van der Waals surface area contributed by atoms with E-state index in [1.54, 1.807) is 25.3 Å². The van der Waals surface area contributed by atoms with Crippen molar-refractivity contribution in [3.63, 3.8) is 0 Å². The Bertz CT molecular complexity index is 527. The van der Waals surface area contributed by atoms with Crippen molar-refractivity contribution in [1.82, 2.24) is 10.6 Å². The summed E-state index contributed by atoms with van der Waals surface area (Å²) in [6.45, 7) is 4.77. The first-order valence-electron chi connectivity index (χ1n) is 7.85. The molecular weight excluding hydrogens is 296 g/mol. The van der Waals surface area contributed by atoms with Crippen molar-refractivity contribution in [1.29, 1.82) is 0 Å². The molecule has 128 valence electrons. The summed E-state index contributed by atoms with van der Waals surface area (Å²) in [4.78, 5) is 23.9. The monoisotopic (exact) mass is 322 g/mol. The number of methoxy groups -OCH3 is 2. The van der Waals surface area contributed by atoms with Crippen LogP contribution in [0.3, 0.4) is 0 Å². The molecular formula is C17H26N2O4. The molecule has 1 aromatic rings. The smallest absolute Gasteiger partial charge is 0.251 e. The molecule has 0 spiro atoms. The first kappa shape index (κ1) is 18.8. The maximum Gasteiger partial charge on any atom is 0.251 e. The van der Waals surface area contributed by atoms with Crippen LogP contribution in [0, 0.1) is 5.92 Å². The van der Waals surface area contributed by atoms with E-state index in [2.05, 4.69) is 10.6 Å². The maximum absolute atomic E-state index is 12.1. The molecule has 0 aliphatic rings. The van der Waals surface area contributed by atoms with Gasteiger partial charge in [-0.05, 0) is 31.0 Å². The molecule has 0 bridgehead atoms. The van der Waals surface area contributed by atoms with Gasteiger partial charge in [0.05, 0.1) is 14.2 Å². The second kappa shape index (κ2) is 9.71. The van der Waals surface area contributed by atoms with Crippen molar-refractivity contribution in [2.24, 2.45) is 5.92 Å². The van der Waals surface area contributed by atoms with E-state index in [0.29, 0.717) is 30.2 Å². The highest BCUT2D eigenvalue weighted by molar-refractivity contribution is 5.94. The molecule has 0 saturated heterocycles. The Morgan fingerprint density at radius 3 is 2.17 bits per heavy atom. The molecule has 2 amide bonds. The zero-order valence-electron chi connectivity index (χ0n) is 14.3. The number of ether oxygens (including phenoxy) is 2. The quantitative estimate of drug-likeness (QED) is 0.682. The molecule has 6 heteroatoms. The molecule has 0 aliphatic carbocycles. The second-order valence-electron chi connectivity index (χ2n) is 5.13. The van der Waals surface area contributed by atoms with Gasteiger partial charge in [-0.3, -0.25) is 9.59 Å². The molecule has 0 aromatic heterocycles. The van der Waals surface area contributed by atoms with Crippen LogP contribution in [0.1, 0.15) is 37.0 Å². The molecule has 0 heterocycles. The fourth-order valence-electron chi connectivity index (χ4n) is 2.25. The van der Waals surface area contributed by atoms with Crippen LogP contribution in [0.5, 0.6) is 11.5 Å². The van der Waals surface area contributed by atoms with Gasteiger partial charge < -0.3 is 20.1 Å². The zero-order valence-corrected chi connectivity index (χ0v) is 14.3. The third-order valence-corrected chi connectivity index (χ3v) is 3.71. The van der Waals surface area contributed by atoms with Crippen LogP contribution in [0.15, 0.2) is 18.2 Å². The average molecular weight is 322 g/mol. The van der Waals surface area contributed by atoms with Crippen molar-refractivity contribution < 1.29 is 19.1 Å². The van der Waals surface area contributed by atoms with Gasteiger partial charge in [0.2, 0.25) is 5.91 Å². The number of rotatable bonds is 9. The highest BCUT2D eigenvalue weighted by Crippen LogP contribution is 2.27. The van der Waals surface area contributed by atoms with Crippen LogP contribution in [0.25, 0.3) is 0 Å². The van der Waals surface area contributed by atoms with Gasteiger partial charge in [-0.2, -0.15) is 0 Å². The van der Waals surface area contributed by atoms with Crippen LogP contribution >= 0.6 is 0 Å². The fraction of sp³-hybridized carbons (Fsp3) is 0.529. The topological polar surface area (TPSA) is 76.7 Å². The molecule has 0 unspecified atom stereocenters.